The van der Waals surface area contributed by atoms with E-state index in [4.69, 9.17) is 0 Å². The number of nitrogens with one attached hydrogen (secondary N) is 1. The van der Waals surface area contributed by atoms with Crippen molar-refractivity contribution >= 4 is 34.1 Å². The number of ketones is 2. The zero-order valence-corrected chi connectivity index (χ0v) is 23.8. The van der Waals surface area contributed by atoms with Crippen molar-refractivity contribution in [3.05, 3.63) is 29.5 Å². The number of piperidine rings is 1. The van der Waals surface area contributed by atoms with Gasteiger partial charge < -0.3 is 19.7 Å². The van der Waals surface area contributed by atoms with Gasteiger partial charge in [-0.2, -0.15) is 0 Å². The van der Waals surface area contributed by atoms with Crippen LogP contribution in [0.2, 0.25) is 0 Å². The molecule has 2 bridgehead atoms. The normalized spacial score (nSPS) is 28.0. The lowest BCUT2D eigenvalue weighted by Gasteiger charge is -2.27. The summed E-state index contributed by atoms with van der Waals surface area (Å²) in [5.41, 5.74) is 4.21. The number of hydrogen-bond donors (Lipinski definition) is 1. The Hall–Kier alpha value is -2.67. The van der Waals surface area contributed by atoms with Crippen molar-refractivity contribution in [2.75, 3.05) is 31.1 Å². The smallest absolute Gasteiger partial charge is 0.243 e. The van der Waals surface area contributed by atoms with E-state index in [2.05, 4.69) is 22.3 Å². The Labute approximate surface area is 232 Å². The van der Waals surface area contributed by atoms with Crippen molar-refractivity contribution in [3.8, 4) is 0 Å². The molecule has 1 aromatic heterocycles. The van der Waals surface area contributed by atoms with E-state index in [1.54, 1.807) is 6.92 Å². The molecular formula is C32H44N4O3. The fourth-order valence-electron chi connectivity index (χ4n) is 7.68. The highest BCUT2D eigenvalue weighted by atomic mass is 16.2. The highest BCUT2D eigenvalue weighted by Gasteiger charge is 2.66. The maximum atomic E-state index is 14.0. The Morgan fingerprint density at radius 3 is 2.56 bits per heavy atom. The van der Waals surface area contributed by atoms with Crippen molar-refractivity contribution in [1.29, 1.82) is 0 Å². The highest BCUT2D eigenvalue weighted by Crippen LogP contribution is 2.59. The lowest BCUT2D eigenvalue weighted by Crippen LogP contribution is -2.44. The molecule has 0 radical (unpaired) electrons. The first-order valence-electron chi connectivity index (χ1n) is 15.4. The molecule has 2 saturated heterocycles. The zero-order chi connectivity index (χ0) is 27.1. The van der Waals surface area contributed by atoms with Crippen LogP contribution in [0.1, 0.15) is 94.0 Å². The summed E-state index contributed by atoms with van der Waals surface area (Å²) in [4.78, 5) is 44.3. The summed E-state index contributed by atoms with van der Waals surface area (Å²) in [5, 5.41) is 4.64. The van der Waals surface area contributed by atoms with Gasteiger partial charge in [0.15, 0.2) is 11.6 Å². The molecule has 1 aliphatic carbocycles. The number of carbonyl (C=O) groups excluding carboxylic acids is 3. The maximum absolute atomic E-state index is 14.0. The molecule has 4 aliphatic rings. The van der Waals surface area contributed by atoms with E-state index in [0.717, 1.165) is 62.8 Å². The molecule has 4 heterocycles. The van der Waals surface area contributed by atoms with E-state index in [0.29, 0.717) is 12.0 Å². The lowest BCUT2D eigenvalue weighted by molar-refractivity contribution is -0.139. The Kier molecular flexibility index (Phi) is 7.30. The molecule has 1 N–H and O–H groups in total. The first-order chi connectivity index (χ1) is 18.9. The highest BCUT2D eigenvalue weighted by molar-refractivity contribution is 6.09. The number of nitrogens with zero attached hydrogens (tertiary/aromatic N) is 3. The summed E-state index contributed by atoms with van der Waals surface area (Å²) in [7, 11) is 0. The van der Waals surface area contributed by atoms with Crippen LogP contribution in [-0.4, -0.2) is 65.2 Å². The first kappa shape index (κ1) is 26.5. The summed E-state index contributed by atoms with van der Waals surface area (Å²) in [6.07, 6.45) is 13.4. The molecule has 3 aliphatic heterocycles. The molecule has 7 nitrogen and oxygen atoms in total. The Bertz CT molecular complexity index is 1280. The Balaban J connectivity index is 1.41. The van der Waals surface area contributed by atoms with Crippen LogP contribution in [0.5, 0.6) is 0 Å². The van der Waals surface area contributed by atoms with Crippen LogP contribution < -0.4 is 10.2 Å². The zero-order valence-electron chi connectivity index (χ0n) is 23.8. The number of amides is 1. The largest absolute Gasteiger partial charge is 0.372 e. The van der Waals surface area contributed by atoms with E-state index in [1.807, 2.05) is 22.6 Å². The molecule has 1 saturated carbocycles. The summed E-state index contributed by atoms with van der Waals surface area (Å²) in [5.74, 6) is 0.212. The second-order valence-corrected chi connectivity index (χ2v) is 12.5. The number of rotatable bonds is 4. The van der Waals surface area contributed by atoms with E-state index < -0.39 is 0 Å². The molecule has 210 valence electrons. The number of aryl methyl sites for hydroxylation is 1. The van der Waals surface area contributed by atoms with Crippen LogP contribution >= 0.6 is 0 Å². The fourth-order valence-corrected chi connectivity index (χ4v) is 7.68. The van der Waals surface area contributed by atoms with E-state index in [9.17, 15) is 14.4 Å². The van der Waals surface area contributed by atoms with Crippen molar-refractivity contribution in [1.82, 2.24) is 14.8 Å². The van der Waals surface area contributed by atoms with Crippen molar-refractivity contribution < 1.29 is 14.4 Å². The van der Waals surface area contributed by atoms with Gasteiger partial charge in [-0.3, -0.25) is 14.4 Å². The minimum Gasteiger partial charge on any atom is -0.372 e. The van der Waals surface area contributed by atoms with Gasteiger partial charge in [0.2, 0.25) is 5.91 Å². The van der Waals surface area contributed by atoms with Crippen molar-refractivity contribution in [2.24, 2.45) is 5.41 Å². The van der Waals surface area contributed by atoms with Gasteiger partial charge in [-0.25, -0.2) is 0 Å². The van der Waals surface area contributed by atoms with Crippen LogP contribution in [0.15, 0.2) is 18.3 Å². The summed E-state index contributed by atoms with van der Waals surface area (Å²) in [6.45, 7) is 7.71. The minimum atomic E-state index is -0.322. The molecular weight excluding hydrogens is 488 g/mol. The number of Topliss-reactive ketones (excluding diaryl/α,β-unsaturated/α-hetero) is 2. The van der Waals surface area contributed by atoms with E-state index in [1.165, 1.54) is 49.8 Å². The third-order valence-electron chi connectivity index (χ3n) is 9.89. The molecule has 2 aromatic rings. The SMILES string of the molecule is CCC(=O)[C@@H]1C[C@]23CNCCCCCCCc4cc(N5CCCC5)cc5c(C(C)=O)cn(c45)CC(=O)N1[C@@H]2C3. The van der Waals surface area contributed by atoms with Crippen molar-refractivity contribution in [3.63, 3.8) is 0 Å². The molecule has 0 spiro atoms. The molecule has 3 fully saturated rings. The fraction of sp³-hybridized carbons (Fsp3) is 0.656. The third kappa shape index (κ3) is 4.92. The van der Waals surface area contributed by atoms with Crippen LogP contribution in [0, 0.1) is 5.41 Å². The van der Waals surface area contributed by atoms with Crippen LogP contribution in [0.25, 0.3) is 10.9 Å². The number of benzene rings is 1. The maximum Gasteiger partial charge on any atom is 0.243 e. The molecule has 7 heteroatoms. The quantitative estimate of drug-likeness (QED) is 0.568. The summed E-state index contributed by atoms with van der Waals surface area (Å²) >= 11 is 0. The summed E-state index contributed by atoms with van der Waals surface area (Å²) in [6, 6.07) is 4.32. The number of aromatic nitrogens is 1. The standard InChI is InChI=1S/C32H44N4O3/c1-3-28(38)27-17-32-18-29(32)36(27)30(39)20-35-19-26(22(2)37)25-16-24(34-13-9-10-14-34)15-23(31(25)35)11-7-5-4-6-8-12-33-21-32/h15-16,19,27,29,33H,3-14,17-18,20-21H2,1-2H3/t27-,29+,32-/m0/s1. The second kappa shape index (κ2) is 10.7. The molecule has 1 aromatic carbocycles. The molecule has 6 rings (SSSR count). The molecule has 0 unspecified atom stereocenters. The van der Waals surface area contributed by atoms with Gasteiger partial charge in [-0.1, -0.05) is 26.2 Å². The number of carbonyl (C=O) groups is 3. The predicted octanol–water partition coefficient (Wildman–Crippen LogP) is 4.88. The predicted molar refractivity (Wildman–Crippen MR) is 154 cm³/mol. The van der Waals surface area contributed by atoms with Gasteiger partial charge in [0.05, 0.1) is 11.6 Å². The van der Waals surface area contributed by atoms with Gasteiger partial charge >= 0.3 is 0 Å². The van der Waals surface area contributed by atoms with Crippen LogP contribution in [0.4, 0.5) is 5.69 Å². The third-order valence-corrected chi connectivity index (χ3v) is 9.89. The lowest BCUT2D eigenvalue weighted by atomic mass is 9.96. The van der Waals surface area contributed by atoms with Gasteiger partial charge in [-0.05, 0) is 76.1 Å². The minimum absolute atomic E-state index is 0.0112. The number of anilines is 1. The average molecular weight is 533 g/mol. The van der Waals surface area contributed by atoms with Gasteiger partial charge in [0, 0.05) is 60.3 Å². The van der Waals surface area contributed by atoms with Crippen molar-refractivity contribution in [2.45, 2.75) is 103 Å². The molecule has 39 heavy (non-hydrogen) atoms. The average Bonchev–Trinajstić information content (AvgIpc) is 3.31. The monoisotopic (exact) mass is 532 g/mol. The Morgan fingerprint density at radius 2 is 1.79 bits per heavy atom. The van der Waals surface area contributed by atoms with Gasteiger partial charge in [-0.15, -0.1) is 0 Å². The first-order valence-corrected chi connectivity index (χ1v) is 15.4. The van der Waals surface area contributed by atoms with Gasteiger partial charge in [0.25, 0.3) is 0 Å². The molecule has 3 atom stereocenters. The van der Waals surface area contributed by atoms with E-state index >= 15 is 0 Å². The number of hydrogen-bond acceptors (Lipinski definition) is 5. The Morgan fingerprint density at radius 1 is 1.03 bits per heavy atom. The van der Waals surface area contributed by atoms with E-state index in [-0.39, 0.29) is 41.5 Å². The molecule has 1 amide bonds. The second-order valence-electron chi connectivity index (χ2n) is 12.5. The van der Waals surface area contributed by atoms with Crippen LogP contribution in [0.3, 0.4) is 0 Å². The van der Waals surface area contributed by atoms with Crippen LogP contribution in [-0.2, 0) is 22.6 Å². The topological polar surface area (TPSA) is 74.6 Å². The summed E-state index contributed by atoms with van der Waals surface area (Å²) < 4.78 is 2.03. The van der Waals surface area contributed by atoms with Gasteiger partial charge in [0.1, 0.15) is 6.54 Å².